The van der Waals surface area contributed by atoms with E-state index in [9.17, 15) is 9.36 Å². The molecule has 0 saturated heterocycles. The SMILES string of the molecule is C=C(C)C(=O)OCCOP(=O)(O)OS. The minimum atomic E-state index is -4.11. The zero-order valence-electron chi connectivity index (χ0n) is 7.50. The molecule has 8 heteroatoms. The van der Waals surface area contributed by atoms with Gasteiger partial charge in [0.1, 0.15) is 6.61 Å². The summed E-state index contributed by atoms with van der Waals surface area (Å²) in [4.78, 5) is 19.5. The van der Waals surface area contributed by atoms with E-state index in [-0.39, 0.29) is 18.8 Å². The highest BCUT2D eigenvalue weighted by Gasteiger charge is 2.19. The molecule has 0 aliphatic carbocycles. The summed E-state index contributed by atoms with van der Waals surface area (Å²) < 4.78 is 23.3. The molecule has 1 unspecified atom stereocenters. The number of carbonyl (C=O) groups is 1. The van der Waals surface area contributed by atoms with Crippen molar-refractivity contribution >= 4 is 26.7 Å². The van der Waals surface area contributed by atoms with Crippen molar-refractivity contribution in [2.45, 2.75) is 6.92 Å². The number of thiol groups is 1. The molecule has 0 fully saturated rings. The molecule has 0 radical (unpaired) electrons. The number of phosphoric acid groups is 1. The zero-order valence-corrected chi connectivity index (χ0v) is 9.29. The molecule has 0 bridgehead atoms. The standard InChI is InChI=1S/C6H11O6PS/c1-5(2)6(7)10-3-4-11-13(8,9)12-14/h14H,1,3-4H2,2H3,(H,8,9). The van der Waals surface area contributed by atoms with Gasteiger partial charge in [-0.3, -0.25) is 4.52 Å². The van der Waals surface area contributed by atoms with Crippen LogP contribution in [-0.2, 0) is 22.6 Å². The molecule has 0 aromatic rings. The fourth-order valence-electron chi connectivity index (χ4n) is 0.434. The second kappa shape index (κ2) is 6.21. The summed E-state index contributed by atoms with van der Waals surface area (Å²) in [5.74, 6) is -0.590. The first-order valence-corrected chi connectivity index (χ1v) is 5.38. The number of phosphoric ester groups is 1. The molecular formula is C6H11O6PS. The quantitative estimate of drug-likeness (QED) is 0.181. The number of carbonyl (C=O) groups excluding carboxylic acids is 1. The monoisotopic (exact) mass is 242 g/mol. The van der Waals surface area contributed by atoms with E-state index in [4.69, 9.17) is 4.89 Å². The summed E-state index contributed by atoms with van der Waals surface area (Å²) >= 11 is 3.12. The highest BCUT2D eigenvalue weighted by Crippen LogP contribution is 2.43. The molecule has 14 heavy (non-hydrogen) atoms. The van der Waals surface area contributed by atoms with E-state index in [1.807, 2.05) is 0 Å². The molecule has 1 atom stereocenters. The minimum absolute atomic E-state index is 0.159. The zero-order chi connectivity index (χ0) is 11.2. The average molecular weight is 242 g/mol. The third kappa shape index (κ3) is 6.17. The second-order valence-electron chi connectivity index (χ2n) is 2.30. The summed E-state index contributed by atoms with van der Waals surface area (Å²) in [7, 11) is -4.11. The van der Waals surface area contributed by atoms with Crippen molar-refractivity contribution < 1.29 is 27.5 Å². The number of ether oxygens (including phenoxy) is 1. The minimum Gasteiger partial charge on any atom is -0.460 e. The maximum atomic E-state index is 10.8. The van der Waals surface area contributed by atoms with Crippen LogP contribution in [0.4, 0.5) is 0 Å². The van der Waals surface area contributed by atoms with Crippen LogP contribution < -0.4 is 0 Å². The maximum absolute atomic E-state index is 10.8. The van der Waals surface area contributed by atoms with Gasteiger partial charge >= 0.3 is 13.8 Å². The third-order valence-corrected chi connectivity index (χ3v) is 2.36. The normalized spacial score (nSPS) is 14.5. The lowest BCUT2D eigenvalue weighted by Gasteiger charge is -2.08. The van der Waals surface area contributed by atoms with Crippen molar-refractivity contribution in [1.29, 1.82) is 0 Å². The Kier molecular flexibility index (Phi) is 6.06. The Balaban J connectivity index is 3.62. The molecule has 0 spiro atoms. The Labute approximate surface area is 87.1 Å². The fourth-order valence-corrected chi connectivity index (χ4v) is 0.928. The van der Waals surface area contributed by atoms with Crippen LogP contribution in [0.5, 0.6) is 0 Å². The van der Waals surface area contributed by atoms with Gasteiger partial charge in [0.25, 0.3) is 0 Å². The summed E-state index contributed by atoms with van der Waals surface area (Å²) in [6, 6.07) is 0. The smallest absolute Gasteiger partial charge is 0.460 e. The largest absolute Gasteiger partial charge is 0.483 e. The summed E-state index contributed by atoms with van der Waals surface area (Å²) in [6.45, 7) is 4.41. The summed E-state index contributed by atoms with van der Waals surface area (Å²) in [5.41, 5.74) is 0.239. The predicted octanol–water partition coefficient (Wildman–Crippen LogP) is 1.08. The summed E-state index contributed by atoms with van der Waals surface area (Å²) in [5, 5.41) is 0. The number of rotatable bonds is 6. The molecule has 1 N–H and O–H groups in total. The van der Waals surface area contributed by atoms with E-state index in [1.165, 1.54) is 6.92 Å². The lowest BCUT2D eigenvalue weighted by atomic mass is 10.4. The van der Waals surface area contributed by atoms with E-state index in [0.717, 1.165) is 0 Å². The highest BCUT2D eigenvalue weighted by molar-refractivity contribution is 7.80. The Hall–Kier alpha value is -0.330. The predicted molar refractivity (Wildman–Crippen MR) is 51.6 cm³/mol. The van der Waals surface area contributed by atoms with Gasteiger partial charge in [-0.05, 0) is 19.8 Å². The summed E-state index contributed by atoms with van der Waals surface area (Å²) in [6.07, 6.45) is 0. The van der Waals surface area contributed by atoms with Gasteiger partial charge in [-0.15, -0.1) is 0 Å². The second-order valence-corrected chi connectivity index (χ2v) is 4.15. The molecule has 0 heterocycles. The van der Waals surface area contributed by atoms with E-state index in [1.54, 1.807) is 0 Å². The Morgan fingerprint density at radius 1 is 1.57 bits per heavy atom. The number of esters is 1. The number of hydrogen-bond acceptors (Lipinski definition) is 6. The van der Waals surface area contributed by atoms with Gasteiger partial charge in [0.15, 0.2) is 0 Å². The van der Waals surface area contributed by atoms with Gasteiger partial charge < -0.3 is 9.63 Å². The van der Waals surface area contributed by atoms with Crippen molar-refractivity contribution in [2.75, 3.05) is 13.2 Å². The van der Waals surface area contributed by atoms with Crippen LogP contribution in [-0.4, -0.2) is 24.1 Å². The third-order valence-electron chi connectivity index (χ3n) is 1.02. The Morgan fingerprint density at radius 2 is 2.14 bits per heavy atom. The van der Waals surface area contributed by atoms with Crippen LogP contribution in [0.2, 0.25) is 0 Å². The molecule has 0 saturated carbocycles. The van der Waals surface area contributed by atoms with Crippen molar-refractivity contribution in [3.05, 3.63) is 12.2 Å². The molecule has 0 rings (SSSR count). The molecule has 82 valence electrons. The van der Waals surface area contributed by atoms with Crippen molar-refractivity contribution in [1.82, 2.24) is 0 Å². The van der Waals surface area contributed by atoms with Crippen LogP contribution in [0.1, 0.15) is 6.92 Å². The molecule has 6 nitrogen and oxygen atoms in total. The van der Waals surface area contributed by atoms with Crippen LogP contribution >= 0.6 is 20.7 Å². The van der Waals surface area contributed by atoms with E-state index in [2.05, 4.69) is 32.7 Å². The Morgan fingerprint density at radius 3 is 2.57 bits per heavy atom. The van der Waals surface area contributed by atoms with Gasteiger partial charge in [-0.1, -0.05) is 6.58 Å². The van der Waals surface area contributed by atoms with E-state index < -0.39 is 13.8 Å². The molecule has 0 aromatic carbocycles. The van der Waals surface area contributed by atoms with E-state index in [0.29, 0.717) is 0 Å². The average Bonchev–Trinajstić information content (AvgIpc) is 2.12. The van der Waals surface area contributed by atoms with Crippen LogP contribution in [0, 0.1) is 0 Å². The van der Waals surface area contributed by atoms with Crippen molar-refractivity contribution in [3.63, 3.8) is 0 Å². The molecule has 0 aliphatic rings. The first-order chi connectivity index (χ1) is 6.39. The maximum Gasteiger partial charge on any atom is 0.483 e. The topological polar surface area (TPSA) is 82.1 Å². The first kappa shape index (κ1) is 13.7. The number of hydrogen-bond donors (Lipinski definition) is 2. The lowest BCUT2D eigenvalue weighted by Crippen LogP contribution is -2.10. The molecule has 0 aliphatic heterocycles. The molecular weight excluding hydrogens is 231 g/mol. The Bertz CT molecular complexity index is 265. The van der Waals surface area contributed by atoms with Crippen LogP contribution in [0.15, 0.2) is 12.2 Å². The van der Waals surface area contributed by atoms with Gasteiger partial charge in [0.05, 0.1) is 6.61 Å². The first-order valence-electron chi connectivity index (χ1n) is 3.52. The van der Waals surface area contributed by atoms with Gasteiger partial charge in [0.2, 0.25) is 0 Å². The van der Waals surface area contributed by atoms with Gasteiger partial charge in [-0.2, -0.15) is 0 Å². The van der Waals surface area contributed by atoms with Crippen LogP contribution in [0.25, 0.3) is 0 Å². The van der Waals surface area contributed by atoms with E-state index >= 15 is 0 Å². The van der Waals surface area contributed by atoms with Crippen LogP contribution in [0.3, 0.4) is 0 Å². The van der Waals surface area contributed by atoms with Crippen molar-refractivity contribution in [2.24, 2.45) is 0 Å². The van der Waals surface area contributed by atoms with Gasteiger partial charge in [-0.25, -0.2) is 13.3 Å². The molecule has 0 aromatic heterocycles. The molecule has 0 amide bonds. The highest BCUT2D eigenvalue weighted by atomic mass is 32.1. The van der Waals surface area contributed by atoms with Gasteiger partial charge in [0, 0.05) is 5.57 Å². The lowest BCUT2D eigenvalue weighted by molar-refractivity contribution is -0.139. The van der Waals surface area contributed by atoms with Crippen molar-refractivity contribution in [3.8, 4) is 0 Å². The fraction of sp³-hybridized carbons (Fsp3) is 0.500.